The lowest BCUT2D eigenvalue weighted by Crippen LogP contribution is -2.05. The zero-order valence-corrected chi connectivity index (χ0v) is 7.79. The first-order valence-corrected chi connectivity index (χ1v) is 4.12. The van der Waals surface area contributed by atoms with E-state index in [9.17, 15) is 0 Å². The minimum Gasteiger partial charge on any atom is -0.491 e. The largest absolute Gasteiger partial charge is 0.491 e. The van der Waals surface area contributed by atoms with Gasteiger partial charge < -0.3 is 10.5 Å². The fourth-order valence-electron chi connectivity index (χ4n) is 1.12. The molecule has 0 aliphatic rings. The van der Waals surface area contributed by atoms with E-state index in [1.165, 1.54) is 0 Å². The molecule has 0 amide bonds. The molecular weight excluding hydrogens is 150 g/mol. The summed E-state index contributed by atoms with van der Waals surface area (Å²) in [6, 6.07) is 5.75. The van der Waals surface area contributed by atoms with Crippen LogP contribution in [0.2, 0.25) is 0 Å². The van der Waals surface area contributed by atoms with Crippen LogP contribution in [-0.4, -0.2) is 6.10 Å². The lowest BCUT2D eigenvalue weighted by atomic mass is 10.2. The van der Waals surface area contributed by atoms with Crippen LogP contribution in [0.1, 0.15) is 19.4 Å². The van der Waals surface area contributed by atoms with E-state index >= 15 is 0 Å². The SMILES string of the molecule is Cc1cc(N)cc(OC(C)C)c1. The fourth-order valence-corrected chi connectivity index (χ4v) is 1.12. The maximum Gasteiger partial charge on any atom is 0.122 e. The summed E-state index contributed by atoms with van der Waals surface area (Å²) in [4.78, 5) is 0. The molecule has 0 saturated carbocycles. The van der Waals surface area contributed by atoms with Crippen LogP contribution in [0.5, 0.6) is 5.75 Å². The van der Waals surface area contributed by atoms with Gasteiger partial charge in [0, 0.05) is 11.8 Å². The van der Waals surface area contributed by atoms with Gasteiger partial charge in [0.2, 0.25) is 0 Å². The maximum absolute atomic E-state index is 5.66. The number of nitrogen functional groups attached to an aromatic ring is 1. The van der Waals surface area contributed by atoms with Crippen molar-refractivity contribution < 1.29 is 4.74 Å². The minimum absolute atomic E-state index is 0.200. The van der Waals surface area contributed by atoms with Gasteiger partial charge in [-0.15, -0.1) is 0 Å². The number of nitrogens with two attached hydrogens (primary N) is 1. The molecule has 0 aliphatic heterocycles. The number of aryl methyl sites for hydroxylation is 1. The molecular formula is C10H15NO. The average molecular weight is 165 g/mol. The molecule has 0 heterocycles. The molecule has 1 aromatic carbocycles. The van der Waals surface area contributed by atoms with Crippen LogP contribution in [-0.2, 0) is 0 Å². The third-order valence-electron chi connectivity index (χ3n) is 1.44. The van der Waals surface area contributed by atoms with Crippen molar-refractivity contribution in [3.63, 3.8) is 0 Å². The van der Waals surface area contributed by atoms with Crippen LogP contribution in [0.15, 0.2) is 18.2 Å². The molecule has 2 heteroatoms. The molecule has 1 rings (SSSR count). The number of anilines is 1. The van der Waals surface area contributed by atoms with Gasteiger partial charge in [-0.05, 0) is 38.5 Å². The highest BCUT2D eigenvalue weighted by Gasteiger charge is 1.98. The summed E-state index contributed by atoms with van der Waals surface area (Å²) in [5.41, 5.74) is 7.54. The topological polar surface area (TPSA) is 35.2 Å². The summed E-state index contributed by atoms with van der Waals surface area (Å²) in [5.74, 6) is 0.850. The number of benzene rings is 1. The highest BCUT2D eigenvalue weighted by atomic mass is 16.5. The van der Waals surface area contributed by atoms with Crippen molar-refractivity contribution in [2.75, 3.05) is 5.73 Å². The summed E-state index contributed by atoms with van der Waals surface area (Å²) < 4.78 is 5.50. The Morgan fingerprint density at radius 1 is 1.25 bits per heavy atom. The van der Waals surface area contributed by atoms with E-state index in [1.807, 2.05) is 39.0 Å². The Morgan fingerprint density at radius 2 is 1.92 bits per heavy atom. The monoisotopic (exact) mass is 165 g/mol. The van der Waals surface area contributed by atoms with Crippen molar-refractivity contribution in [3.05, 3.63) is 23.8 Å². The van der Waals surface area contributed by atoms with Gasteiger partial charge in [-0.1, -0.05) is 0 Å². The molecule has 0 fully saturated rings. The predicted octanol–water partition coefficient (Wildman–Crippen LogP) is 2.36. The van der Waals surface area contributed by atoms with Gasteiger partial charge in [-0.2, -0.15) is 0 Å². The maximum atomic E-state index is 5.66. The Kier molecular flexibility index (Phi) is 2.58. The second-order valence-corrected chi connectivity index (χ2v) is 3.25. The average Bonchev–Trinajstić information content (AvgIpc) is 1.81. The molecule has 2 nitrogen and oxygen atoms in total. The van der Waals surface area contributed by atoms with Crippen molar-refractivity contribution in [2.24, 2.45) is 0 Å². The Labute approximate surface area is 73.3 Å². The van der Waals surface area contributed by atoms with Gasteiger partial charge in [-0.25, -0.2) is 0 Å². The molecule has 0 spiro atoms. The van der Waals surface area contributed by atoms with Crippen molar-refractivity contribution in [3.8, 4) is 5.75 Å². The second kappa shape index (κ2) is 3.48. The Hall–Kier alpha value is -1.18. The van der Waals surface area contributed by atoms with Crippen LogP contribution in [0.4, 0.5) is 5.69 Å². The molecule has 0 bridgehead atoms. The Balaban J connectivity index is 2.85. The highest BCUT2D eigenvalue weighted by Crippen LogP contribution is 2.19. The van der Waals surface area contributed by atoms with Crippen LogP contribution < -0.4 is 10.5 Å². The molecule has 2 N–H and O–H groups in total. The lowest BCUT2D eigenvalue weighted by Gasteiger charge is -2.10. The van der Waals surface area contributed by atoms with Crippen molar-refractivity contribution in [1.82, 2.24) is 0 Å². The summed E-state index contributed by atoms with van der Waals surface area (Å²) in [5, 5.41) is 0. The number of rotatable bonds is 2. The Morgan fingerprint density at radius 3 is 2.42 bits per heavy atom. The molecule has 0 aliphatic carbocycles. The second-order valence-electron chi connectivity index (χ2n) is 3.25. The van der Waals surface area contributed by atoms with Gasteiger partial charge in [0.25, 0.3) is 0 Å². The van der Waals surface area contributed by atoms with E-state index in [1.54, 1.807) is 0 Å². The normalized spacial score (nSPS) is 10.3. The first-order valence-electron chi connectivity index (χ1n) is 4.12. The zero-order valence-electron chi connectivity index (χ0n) is 7.79. The Bertz CT molecular complexity index is 248. The zero-order chi connectivity index (χ0) is 9.14. The molecule has 0 radical (unpaired) electrons. The molecule has 0 atom stereocenters. The van der Waals surface area contributed by atoms with Crippen LogP contribution in [0.25, 0.3) is 0 Å². The van der Waals surface area contributed by atoms with Gasteiger partial charge >= 0.3 is 0 Å². The standard InChI is InChI=1S/C10H15NO/c1-7(2)12-10-5-8(3)4-9(11)6-10/h4-7H,11H2,1-3H3. The van der Waals surface area contributed by atoms with E-state index in [0.717, 1.165) is 17.0 Å². The number of hydrogen-bond donors (Lipinski definition) is 1. The summed E-state index contributed by atoms with van der Waals surface area (Å²) in [6.07, 6.45) is 0.200. The fraction of sp³-hybridized carbons (Fsp3) is 0.400. The van der Waals surface area contributed by atoms with Crippen molar-refractivity contribution in [1.29, 1.82) is 0 Å². The first-order chi connectivity index (χ1) is 5.58. The van der Waals surface area contributed by atoms with E-state index < -0.39 is 0 Å². The van der Waals surface area contributed by atoms with Crippen LogP contribution in [0.3, 0.4) is 0 Å². The van der Waals surface area contributed by atoms with E-state index in [0.29, 0.717) is 0 Å². The molecule has 66 valence electrons. The smallest absolute Gasteiger partial charge is 0.122 e. The third kappa shape index (κ3) is 2.46. The third-order valence-corrected chi connectivity index (χ3v) is 1.44. The predicted molar refractivity (Wildman–Crippen MR) is 51.4 cm³/mol. The summed E-state index contributed by atoms with van der Waals surface area (Å²) >= 11 is 0. The summed E-state index contributed by atoms with van der Waals surface area (Å²) in [7, 11) is 0. The van der Waals surface area contributed by atoms with Gasteiger partial charge in [-0.3, -0.25) is 0 Å². The van der Waals surface area contributed by atoms with Gasteiger partial charge in [0.05, 0.1) is 6.10 Å². The number of ether oxygens (including phenoxy) is 1. The summed E-state index contributed by atoms with van der Waals surface area (Å²) in [6.45, 7) is 6.00. The van der Waals surface area contributed by atoms with Crippen molar-refractivity contribution in [2.45, 2.75) is 26.9 Å². The highest BCUT2D eigenvalue weighted by molar-refractivity contribution is 5.47. The van der Waals surface area contributed by atoms with Gasteiger partial charge in [0.15, 0.2) is 0 Å². The lowest BCUT2D eigenvalue weighted by molar-refractivity contribution is 0.242. The minimum atomic E-state index is 0.200. The van der Waals surface area contributed by atoms with E-state index in [4.69, 9.17) is 10.5 Å². The van der Waals surface area contributed by atoms with Gasteiger partial charge in [0.1, 0.15) is 5.75 Å². The first kappa shape index (κ1) is 8.91. The molecule has 0 unspecified atom stereocenters. The number of hydrogen-bond acceptors (Lipinski definition) is 2. The van der Waals surface area contributed by atoms with E-state index in [-0.39, 0.29) is 6.10 Å². The van der Waals surface area contributed by atoms with E-state index in [2.05, 4.69) is 0 Å². The molecule has 0 aromatic heterocycles. The van der Waals surface area contributed by atoms with Crippen LogP contribution >= 0.6 is 0 Å². The molecule has 12 heavy (non-hydrogen) atoms. The molecule has 0 saturated heterocycles. The quantitative estimate of drug-likeness (QED) is 0.683. The van der Waals surface area contributed by atoms with Crippen LogP contribution in [0, 0.1) is 6.92 Å². The van der Waals surface area contributed by atoms with Crippen molar-refractivity contribution >= 4 is 5.69 Å². The molecule has 1 aromatic rings.